The molecule has 0 heterocycles. The quantitative estimate of drug-likeness (QED) is 0.855. The van der Waals surface area contributed by atoms with Crippen LogP contribution in [0.15, 0.2) is 48.5 Å². The molecular weight excluding hydrogens is 262 g/mol. The van der Waals surface area contributed by atoms with Crippen LogP contribution >= 0.6 is 0 Å². The van der Waals surface area contributed by atoms with E-state index >= 15 is 0 Å². The minimum Gasteiger partial charge on any atom is -0.497 e. The summed E-state index contributed by atoms with van der Waals surface area (Å²) in [6.45, 7) is 4.71. The summed E-state index contributed by atoms with van der Waals surface area (Å²) < 4.78 is 5.16. The molecule has 1 unspecified atom stereocenters. The van der Waals surface area contributed by atoms with Crippen LogP contribution in [0.1, 0.15) is 25.5 Å². The first-order valence-corrected chi connectivity index (χ1v) is 7.26. The molecule has 0 aliphatic heterocycles. The fourth-order valence-corrected chi connectivity index (χ4v) is 2.15. The van der Waals surface area contributed by atoms with Gasteiger partial charge >= 0.3 is 0 Å². The lowest BCUT2D eigenvalue weighted by molar-refractivity contribution is 0.171. The third-order valence-electron chi connectivity index (χ3n) is 3.44. The molecule has 2 aromatic carbocycles. The van der Waals surface area contributed by atoms with Gasteiger partial charge in [0, 0.05) is 12.6 Å². The molecule has 0 spiro atoms. The summed E-state index contributed by atoms with van der Waals surface area (Å²) in [4.78, 5) is 0. The first kappa shape index (κ1) is 15.5. The Hall–Kier alpha value is -1.84. The van der Waals surface area contributed by atoms with Crippen molar-refractivity contribution >= 4 is 0 Å². The summed E-state index contributed by atoms with van der Waals surface area (Å²) in [6.07, 6.45) is -0.475. The number of rotatable bonds is 6. The second kappa shape index (κ2) is 7.25. The highest BCUT2D eigenvalue weighted by Gasteiger charge is 2.08. The van der Waals surface area contributed by atoms with Crippen molar-refractivity contribution in [3.8, 4) is 16.9 Å². The van der Waals surface area contributed by atoms with Crippen LogP contribution in [0.25, 0.3) is 11.1 Å². The van der Waals surface area contributed by atoms with Crippen LogP contribution < -0.4 is 10.1 Å². The molecule has 0 aromatic heterocycles. The highest BCUT2D eigenvalue weighted by Crippen LogP contribution is 2.24. The Morgan fingerprint density at radius 3 is 1.95 bits per heavy atom. The first-order valence-electron chi connectivity index (χ1n) is 7.26. The summed E-state index contributed by atoms with van der Waals surface area (Å²) in [7, 11) is 1.66. The zero-order valence-electron chi connectivity index (χ0n) is 12.8. The van der Waals surface area contributed by atoms with Gasteiger partial charge in [0.05, 0.1) is 13.2 Å². The topological polar surface area (TPSA) is 41.5 Å². The predicted octanol–water partition coefficient (Wildman–Crippen LogP) is 3.39. The molecule has 3 heteroatoms. The molecule has 0 saturated heterocycles. The van der Waals surface area contributed by atoms with Crippen molar-refractivity contribution in [1.29, 1.82) is 0 Å². The monoisotopic (exact) mass is 285 g/mol. The molecule has 0 amide bonds. The highest BCUT2D eigenvalue weighted by atomic mass is 16.5. The number of ether oxygens (including phenoxy) is 1. The van der Waals surface area contributed by atoms with Crippen LogP contribution in [0, 0.1) is 0 Å². The maximum absolute atomic E-state index is 10.1. The highest BCUT2D eigenvalue weighted by molar-refractivity contribution is 5.64. The van der Waals surface area contributed by atoms with E-state index in [1.54, 1.807) is 7.11 Å². The lowest BCUT2D eigenvalue weighted by Gasteiger charge is -2.15. The van der Waals surface area contributed by atoms with Crippen LogP contribution in [-0.4, -0.2) is 24.8 Å². The molecule has 0 saturated carbocycles. The zero-order chi connectivity index (χ0) is 15.2. The van der Waals surface area contributed by atoms with Crippen LogP contribution in [-0.2, 0) is 0 Å². The average Bonchev–Trinajstić information content (AvgIpc) is 2.53. The summed E-state index contributed by atoms with van der Waals surface area (Å²) >= 11 is 0. The molecule has 2 aromatic rings. The Balaban J connectivity index is 2.07. The summed E-state index contributed by atoms with van der Waals surface area (Å²) in [5.41, 5.74) is 3.20. The minimum absolute atomic E-state index is 0.373. The molecule has 0 bridgehead atoms. The fourth-order valence-electron chi connectivity index (χ4n) is 2.15. The van der Waals surface area contributed by atoms with Crippen LogP contribution in [0.2, 0.25) is 0 Å². The van der Waals surface area contributed by atoms with E-state index < -0.39 is 6.10 Å². The standard InChI is InChI=1S/C18H23NO2/c1-13(2)19-12-18(20)16-6-4-14(5-7-16)15-8-10-17(21-3)11-9-15/h4-11,13,18-20H,12H2,1-3H3. The SMILES string of the molecule is COc1ccc(-c2ccc(C(O)CNC(C)C)cc2)cc1. The van der Waals surface area contributed by atoms with Crippen molar-refractivity contribution in [2.24, 2.45) is 0 Å². The second-order valence-electron chi connectivity index (χ2n) is 5.43. The maximum Gasteiger partial charge on any atom is 0.118 e. The van der Waals surface area contributed by atoms with Crippen molar-refractivity contribution in [3.05, 3.63) is 54.1 Å². The average molecular weight is 285 g/mol. The van der Waals surface area contributed by atoms with E-state index in [4.69, 9.17) is 4.74 Å². The van der Waals surface area contributed by atoms with Gasteiger partial charge in [-0.1, -0.05) is 50.2 Å². The van der Waals surface area contributed by atoms with Gasteiger partial charge in [-0.15, -0.1) is 0 Å². The number of benzene rings is 2. The lowest BCUT2D eigenvalue weighted by atomic mass is 10.0. The van der Waals surface area contributed by atoms with Gasteiger partial charge < -0.3 is 15.2 Å². The van der Waals surface area contributed by atoms with Crippen molar-refractivity contribution in [1.82, 2.24) is 5.32 Å². The molecule has 0 radical (unpaired) electrons. The second-order valence-corrected chi connectivity index (χ2v) is 5.43. The van der Waals surface area contributed by atoms with E-state index in [2.05, 4.69) is 19.2 Å². The van der Waals surface area contributed by atoms with Crippen molar-refractivity contribution in [2.45, 2.75) is 26.0 Å². The molecule has 0 aliphatic rings. The number of hydrogen-bond donors (Lipinski definition) is 2. The smallest absolute Gasteiger partial charge is 0.118 e. The van der Waals surface area contributed by atoms with Gasteiger partial charge in [-0.05, 0) is 28.8 Å². The Kier molecular flexibility index (Phi) is 5.37. The van der Waals surface area contributed by atoms with Gasteiger partial charge in [0.2, 0.25) is 0 Å². The molecule has 112 valence electrons. The van der Waals surface area contributed by atoms with Gasteiger partial charge in [0.25, 0.3) is 0 Å². The fraction of sp³-hybridized carbons (Fsp3) is 0.333. The largest absolute Gasteiger partial charge is 0.497 e. The van der Waals surface area contributed by atoms with Crippen molar-refractivity contribution < 1.29 is 9.84 Å². The third-order valence-corrected chi connectivity index (χ3v) is 3.44. The maximum atomic E-state index is 10.1. The molecule has 3 nitrogen and oxygen atoms in total. The Morgan fingerprint density at radius 2 is 1.48 bits per heavy atom. The van der Waals surface area contributed by atoms with E-state index in [1.165, 1.54) is 0 Å². The molecule has 2 N–H and O–H groups in total. The molecule has 21 heavy (non-hydrogen) atoms. The summed E-state index contributed by atoms with van der Waals surface area (Å²) in [5, 5.41) is 13.4. The molecule has 0 fully saturated rings. The van der Waals surface area contributed by atoms with Gasteiger partial charge in [0.15, 0.2) is 0 Å². The lowest BCUT2D eigenvalue weighted by Crippen LogP contribution is -2.27. The molecule has 1 atom stereocenters. The summed E-state index contributed by atoms with van der Waals surface area (Å²) in [6, 6.07) is 16.4. The van der Waals surface area contributed by atoms with Crippen molar-refractivity contribution in [2.75, 3.05) is 13.7 Å². The number of hydrogen-bond acceptors (Lipinski definition) is 3. The van der Waals surface area contributed by atoms with E-state index in [-0.39, 0.29) is 0 Å². The Bertz CT molecular complexity index is 546. The molecular formula is C18H23NO2. The van der Waals surface area contributed by atoms with E-state index in [0.29, 0.717) is 12.6 Å². The predicted molar refractivity (Wildman–Crippen MR) is 86.5 cm³/mol. The number of aliphatic hydroxyl groups excluding tert-OH is 1. The van der Waals surface area contributed by atoms with Crippen molar-refractivity contribution in [3.63, 3.8) is 0 Å². The zero-order valence-corrected chi connectivity index (χ0v) is 12.8. The molecule has 2 rings (SSSR count). The van der Waals surface area contributed by atoms with Gasteiger partial charge in [0.1, 0.15) is 5.75 Å². The minimum atomic E-state index is -0.475. The van der Waals surface area contributed by atoms with E-state index in [0.717, 1.165) is 22.4 Å². The van der Waals surface area contributed by atoms with Crippen LogP contribution in [0.5, 0.6) is 5.75 Å². The van der Waals surface area contributed by atoms with E-state index in [9.17, 15) is 5.11 Å². The number of nitrogens with one attached hydrogen (secondary N) is 1. The van der Waals surface area contributed by atoms with E-state index in [1.807, 2.05) is 48.5 Å². The first-order chi connectivity index (χ1) is 10.1. The van der Waals surface area contributed by atoms with Crippen LogP contribution in [0.3, 0.4) is 0 Å². The number of methoxy groups -OCH3 is 1. The van der Waals surface area contributed by atoms with Crippen LogP contribution in [0.4, 0.5) is 0 Å². The number of aliphatic hydroxyl groups is 1. The van der Waals surface area contributed by atoms with Gasteiger partial charge in [-0.25, -0.2) is 0 Å². The van der Waals surface area contributed by atoms with Gasteiger partial charge in [-0.3, -0.25) is 0 Å². The Labute approximate surface area is 126 Å². The normalized spacial score (nSPS) is 12.4. The third kappa shape index (κ3) is 4.31. The molecule has 0 aliphatic carbocycles. The summed E-state index contributed by atoms with van der Waals surface area (Å²) in [5.74, 6) is 0.852. The Morgan fingerprint density at radius 1 is 0.952 bits per heavy atom. The van der Waals surface area contributed by atoms with Gasteiger partial charge in [-0.2, -0.15) is 0 Å².